The zero-order valence-corrected chi connectivity index (χ0v) is 19.1. The third kappa shape index (κ3) is 5.21. The molecule has 0 aromatic carbocycles. The van der Waals surface area contributed by atoms with E-state index in [1.165, 1.54) is 23.4 Å². The minimum atomic E-state index is -4.80. The van der Waals surface area contributed by atoms with Crippen LogP contribution in [0.15, 0.2) is 36.9 Å². The second-order valence-corrected chi connectivity index (χ2v) is 10.1. The van der Waals surface area contributed by atoms with Gasteiger partial charge in [-0.15, -0.1) is 0 Å². The fourth-order valence-corrected chi connectivity index (χ4v) is 4.73. The molecule has 0 atom stereocenters. The van der Waals surface area contributed by atoms with Gasteiger partial charge in [-0.1, -0.05) is 0 Å². The van der Waals surface area contributed by atoms with Crippen LogP contribution in [0.3, 0.4) is 0 Å². The highest BCUT2D eigenvalue weighted by atomic mass is 32.2. The Labute approximate surface area is 196 Å². The number of rotatable bonds is 4. The molecule has 1 amide bonds. The summed E-state index contributed by atoms with van der Waals surface area (Å²) in [5, 5.41) is 2.68. The Hall–Kier alpha value is -3.29. The van der Waals surface area contributed by atoms with Gasteiger partial charge in [0.25, 0.3) is 5.91 Å². The SMILES string of the molecule is CS(=O)(=O)n1cc(NC(=O)c2cc(C(F)(F)F)cnc2N2CCCC(F)(F)CC2)c2cnccc21. The first-order valence-corrected chi connectivity index (χ1v) is 12.3. The molecule has 0 radical (unpaired) electrons. The van der Waals surface area contributed by atoms with Gasteiger partial charge in [0.1, 0.15) is 5.82 Å². The molecule has 0 bridgehead atoms. The Bertz CT molecular complexity index is 1390. The van der Waals surface area contributed by atoms with Crippen molar-refractivity contribution in [2.45, 2.75) is 31.4 Å². The molecule has 0 aliphatic carbocycles. The van der Waals surface area contributed by atoms with Gasteiger partial charge in [0.15, 0.2) is 0 Å². The molecule has 8 nitrogen and oxygen atoms in total. The molecule has 0 unspecified atom stereocenters. The van der Waals surface area contributed by atoms with Gasteiger partial charge < -0.3 is 10.2 Å². The molecule has 4 rings (SSSR count). The van der Waals surface area contributed by atoms with Gasteiger partial charge in [0.05, 0.1) is 28.6 Å². The zero-order valence-electron chi connectivity index (χ0n) is 18.3. The molecule has 0 saturated carbocycles. The van der Waals surface area contributed by atoms with Crippen molar-refractivity contribution >= 4 is 38.3 Å². The van der Waals surface area contributed by atoms with Gasteiger partial charge in [-0.3, -0.25) is 9.78 Å². The molecule has 1 aliphatic rings. The number of pyridine rings is 2. The van der Waals surface area contributed by atoms with E-state index in [-0.39, 0.29) is 48.3 Å². The van der Waals surface area contributed by atoms with E-state index in [9.17, 15) is 35.2 Å². The molecule has 1 aliphatic heterocycles. The largest absolute Gasteiger partial charge is 0.417 e. The van der Waals surface area contributed by atoms with Crippen LogP contribution in [0.5, 0.6) is 0 Å². The summed E-state index contributed by atoms with van der Waals surface area (Å²) in [4.78, 5) is 22.3. The second kappa shape index (κ2) is 8.73. The summed E-state index contributed by atoms with van der Waals surface area (Å²) in [6, 6.07) is 2.01. The van der Waals surface area contributed by atoms with Crippen molar-refractivity contribution in [3.05, 3.63) is 48.0 Å². The third-order valence-electron chi connectivity index (χ3n) is 5.63. The lowest BCUT2D eigenvalue weighted by Gasteiger charge is -2.24. The number of nitrogens with zero attached hydrogens (tertiary/aromatic N) is 4. The summed E-state index contributed by atoms with van der Waals surface area (Å²) in [7, 11) is -3.78. The first-order valence-electron chi connectivity index (χ1n) is 10.4. The number of alkyl halides is 5. The number of carbonyl (C=O) groups excluding carboxylic acids is 1. The number of amides is 1. The minimum Gasteiger partial charge on any atom is -0.356 e. The van der Waals surface area contributed by atoms with Crippen LogP contribution in [-0.2, 0) is 16.2 Å². The van der Waals surface area contributed by atoms with E-state index in [2.05, 4.69) is 15.3 Å². The molecule has 188 valence electrons. The van der Waals surface area contributed by atoms with Gasteiger partial charge in [-0.25, -0.2) is 26.2 Å². The lowest BCUT2D eigenvalue weighted by Crippen LogP contribution is -2.29. The zero-order chi connectivity index (χ0) is 25.6. The van der Waals surface area contributed by atoms with E-state index in [0.29, 0.717) is 12.3 Å². The van der Waals surface area contributed by atoms with Crippen LogP contribution < -0.4 is 10.2 Å². The van der Waals surface area contributed by atoms with Crippen molar-refractivity contribution in [3.8, 4) is 0 Å². The Balaban J connectivity index is 1.76. The van der Waals surface area contributed by atoms with Gasteiger partial charge >= 0.3 is 6.18 Å². The van der Waals surface area contributed by atoms with Crippen LogP contribution in [0.2, 0.25) is 0 Å². The average molecular weight is 517 g/mol. The van der Waals surface area contributed by atoms with Crippen molar-refractivity contribution in [2.75, 3.05) is 29.6 Å². The minimum absolute atomic E-state index is 0.00529. The summed E-state index contributed by atoms with van der Waals surface area (Å²) < 4.78 is 93.0. The van der Waals surface area contributed by atoms with Crippen LogP contribution in [-0.4, -0.2) is 53.5 Å². The maximum Gasteiger partial charge on any atom is 0.417 e. The Kier molecular flexibility index (Phi) is 6.19. The molecule has 1 saturated heterocycles. The molecule has 1 fully saturated rings. The summed E-state index contributed by atoms with van der Waals surface area (Å²) in [5.41, 5.74) is -1.47. The van der Waals surface area contributed by atoms with E-state index < -0.39 is 45.6 Å². The van der Waals surface area contributed by atoms with Crippen molar-refractivity contribution in [2.24, 2.45) is 0 Å². The van der Waals surface area contributed by atoms with Crippen molar-refractivity contribution in [1.29, 1.82) is 0 Å². The number of carbonyl (C=O) groups is 1. The first kappa shape index (κ1) is 24.8. The number of hydrogen-bond acceptors (Lipinski definition) is 6. The normalized spacial score (nSPS) is 16.8. The quantitative estimate of drug-likeness (QED) is 0.523. The number of aromatic nitrogens is 3. The van der Waals surface area contributed by atoms with Crippen LogP contribution in [0.1, 0.15) is 35.2 Å². The van der Waals surface area contributed by atoms with Gasteiger partial charge in [0, 0.05) is 56.1 Å². The average Bonchev–Trinajstić information content (AvgIpc) is 3.03. The lowest BCUT2D eigenvalue weighted by molar-refractivity contribution is -0.137. The molecule has 14 heteroatoms. The summed E-state index contributed by atoms with van der Waals surface area (Å²) in [6.45, 7) is -0.130. The van der Waals surface area contributed by atoms with E-state index >= 15 is 0 Å². The molecule has 3 aromatic rings. The number of fused-ring (bicyclic) bond motifs is 1. The molecule has 1 N–H and O–H groups in total. The molecular formula is C21H20F5N5O3S. The Morgan fingerprint density at radius 3 is 2.60 bits per heavy atom. The summed E-state index contributed by atoms with van der Waals surface area (Å²) in [6.07, 6.45) is -0.404. The number of nitrogens with one attached hydrogen (secondary N) is 1. The van der Waals surface area contributed by atoms with Gasteiger partial charge in [0.2, 0.25) is 15.9 Å². The number of halogens is 5. The van der Waals surface area contributed by atoms with E-state index in [0.717, 1.165) is 16.4 Å². The predicted molar refractivity (Wildman–Crippen MR) is 118 cm³/mol. The predicted octanol–water partition coefficient (Wildman–Crippen LogP) is 4.14. The van der Waals surface area contributed by atoms with Crippen LogP contribution in [0.25, 0.3) is 10.9 Å². The fourth-order valence-electron chi connectivity index (χ4n) is 3.91. The Morgan fingerprint density at radius 2 is 1.91 bits per heavy atom. The second-order valence-electron chi connectivity index (χ2n) is 8.24. The highest BCUT2D eigenvalue weighted by Crippen LogP contribution is 2.35. The maximum atomic E-state index is 13.8. The van der Waals surface area contributed by atoms with Crippen molar-refractivity contribution in [1.82, 2.24) is 13.9 Å². The highest BCUT2D eigenvalue weighted by molar-refractivity contribution is 7.89. The van der Waals surface area contributed by atoms with E-state index in [4.69, 9.17) is 0 Å². The molecule has 4 heterocycles. The lowest BCUT2D eigenvalue weighted by atomic mass is 10.1. The third-order valence-corrected chi connectivity index (χ3v) is 6.65. The monoisotopic (exact) mass is 517 g/mol. The molecule has 3 aromatic heterocycles. The van der Waals surface area contributed by atoms with E-state index in [1.807, 2.05) is 0 Å². The first-order chi connectivity index (χ1) is 16.3. The van der Waals surface area contributed by atoms with Crippen LogP contribution >= 0.6 is 0 Å². The Morgan fingerprint density at radius 1 is 1.17 bits per heavy atom. The highest BCUT2D eigenvalue weighted by Gasteiger charge is 2.36. The fraction of sp³-hybridized carbons (Fsp3) is 0.381. The van der Waals surface area contributed by atoms with Gasteiger partial charge in [-0.2, -0.15) is 13.2 Å². The summed E-state index contributed by atoms with van der Waals surface area (Å²) >= 11 is 0. The number of hydrogen-bond donors (Lipinski definition) is 1. The standard InChI is InChI=1S/C21H20F5N5O3S/c1-35(33,34)31-12-16(15-11-27-6-3-17(15)31)29-19(32)14-9-13(21(24,25)26)10-28-18(14)30-7-2-4-20(22,23)5-8-30/h3,6,9-12H,2,4-5,7-8H2,1H3,(H,29,32). The van der Waals surface area contributed by atoms with Crippen molar-refractivity contribution < 1.29 is 35.2 Å². The molecular weight excluding hydrogens is 497 g/mol. The maximum absolute atomic E-state index is 13.8. The molecule has 35 heavy (non-hydrogen) atoms. The number of anilines is 2. The topological polar surface area (TPSA) is 97.2 Å². The smallest absolute Gasteiger partial charge is 0.356 e. The van der Waals surface area contributed by atoms with Crippen molar-refractivity contribution in [3.63, 3.8) is 0 Å². The van der Waals surface area contributed by atoms with Crippen LogP contribution in [0, 0.1) is 0 Å². The summed E-state index contributed by atoms with van der Waals surface area (Å²) in [5.74, 6) is -4.10. The van der Waals surface area contributed by atoms with Gasteiger partial charge in [-0.05, 0) is 18.6 Å². The van der Waals surface area contributed by atoms with E-state index in [1.54, 1.807) is 0 Å². The molecule has 0 spiro atoms. The van der Waals surface area contributed by atoms with Crippen LogP contribution in [0.4, 0.5) is 33.5 Å².